The summed E-state index contributed by atoms with van der Waals surface area (Å²) in [6.07, 6.45) is 4.11. The first-order chi connectivity index (χ1) is 9.53. The van der Waals surface area contributed by atoms with Gasteiger partial charge in [-0.05, 0) is 56.2 Å². The van der Waals surface area contributed by atoms with Gasteiger partial charge in [0.05, 0.1) is 19.3 Å². The molecular formula is C17H25ClO2. The maximum atomic E-state index is 6.43. The lowest BCUT2D eigenvalue weighted by atomic mass is 9.86. The van der Waals surface area contributed by atoms with Crippen LogP contribution in [0.3, 0.4) is 0 Å². The van der Waals surface area contributed by atoms with Crippen LogP contribution in [0.4, 0.5) is 0 Å². The molecule has 0 N–H and O–H groups in total. The van der Waals surface area contributed by atoms with Crippen LogP contribution in [0.15, 0.2) is 6.07 Å². The Morgan fingerprint density at radius 2 is 2.00 bits per heavy atom. The molecular weight excluding hydrogens is 272 g/mol. The molecule has 112 valence electrons. The Kier molecular flexibility index (Phi) is 4.98. The van der Waals surface area contributed by atoms with Gasteiger partial charge in [-0.15, -0.1) is 0 Å². The van der Waals surface area contributed by atoms with Gasteiger partial charge in [-0.3, -0.25) is 0 Å². The van der Waals surface area contributed by atoms with E-state index in [2.05, 4.69) is 26.8 Å². The van der Waals surface area contributed by atoms with E-state index in [4.69, 9.17) is 21.1 Å². The van der Waals surface area contributed by atoms with E-state index in [-0.39, 0.29) is 0 Å². The minimum absolute atomic E-state index is 0.411. The zero-order chi connectivity index (χ0) is 14.9. The van der Waals surface area contributed by atoms with Gasteiger partial charge in [0.15, 0.2) is 0 Å². The molecule has 0 radical (unpaired) electrons. The first kappa shape index (κ1) is 15.7. The molecule has 1 aromatic rings. The highest BCUT2D eigenvalue weighted by Crippen LogP contribution is 2.43. The molecule has 1 aliphatic heterocycles. The third kappa shape index (κ3) is 2.96. The van der Waals surface area contributed by atoms with Crippen molar-refractivity contribution in [3.05, 3.63) is 27.8 Å². The molecule has 0 saturated carbocycles. The maximum absolute atomic E-state index is 6.43. The second kappa shape index (κ2) is 6.36. The SMILES string of the molecule is CCC(CC1OC1CC)c1c(OC)cc(C)c(Cl)c1C. The van der Waals surface area contributed by atoms with Crippen LogP contribution in [-0.4, -0.2) is 19.3 Å². The normalized spacial score (nSPS) is 22.7. The molecule has 0 spiro atoms. The largest absolute Gasteiger partial charge is 0.496 e. The minimum atomic E-state index is 0.411. The lowest BCUT2D eigenvalue weighted by Crippen LogP contribution is -2.08. The van der Waals surface area contributed by atoms with E-state index < -0.39 is 0 Å². The van der Waals surface area contributed by atoms with E-state index in [0.29, 0.717) is 18.1 Å². The van der Waals surface area contributed by atoms with E-state index in [1.165, 1.54) is 5.56 Å². The van der Waals surface area contributed by atoms with Crippen molar-refractivity contribution < 1.29 is 9.47 Å². The smallest absolute Gasteiger partial charge is 0.122 e. The van der Waals surface area contributed by atoms with Crippen molar-refractivity contribution >= 4 is 11.6 Å². The number of methoxy groups -OCH3 is 1. The Morgan fingerprint density at radius 3 is 2.50 bits per heavy atom. The van der Waals surface area contributed by atoms with Gasteiger partial charge in [-0.25, -0.2) is 0 Å². The summed E-state index contributed by atoms with van der Waals surface area (Å²) in [5.41, 5.74) is 3.49. The number of hydrogen-bond donors (Lipinski definition) is 0. The molecule has 2 nitrogen and oxygen atoms in total. The molecule has 1 aliphatic rings. The Bertz CT molecular complexity index is 484. The highest BCUT2D eigenvalue weighted by atomic mass is 35.5. The van der Waals surface area contributed by atoms with Crippen molar-refractivity contribution in [2.75, 3.05) is 7.11 Å². The predicted octanol–water partition coefficient (Wildman–Crippen LogP) is 5.03. The average molecular weight is 297 g/mol. The second-order valence-corrected chi connectivity index (χ2v) is 6.09. The molecule has 3 heteroatoms. The van der Waals surface area contributed by atoms with Crippen molar-refractivity contribution in [1.82, 2.24) is 0 Å². The second-order valence-electron chi connectivity index (χ2n) is 5.71. The fourth-order valence-corrected chi connectivity index (χ4v) is 3.28. The number of benzene rings is 1. The zero-order valence-corrected chi connectivity index (χ0v) is 13.9. The number of halogens is 1. The summed E-state index contributed by atoms with van der Waals surface area (Å²) in [4.78, 5) is 0. The van der Waals surface area contributed by atoms with Gasteiger partial charge >= 0.3 is 0 Å². The number of rotatable bonds is 6. The summed E-state index contributed by atoms with van der Waals surface area (Å²) in [7, 11) is 1.74. The van der Waals surface area contributed by atoms with Crippen molar-refractivity contribution in [1.29, 1.82) is 0 Å². The molecule has 0 bridgehead atoms. The standard InChI is InChI=1S/C17H25ClO2/c1-6-12(9-14-13(7-2)20-14)16-11(4)17(18)10(3)8-15(16)19-5/h8,12-14H,6-7,9H2,1-5H3. The van der Waals surface area contributed by atoms with E-state index >= 15 is 0 Å². The van der Waals surface area contributed by atoms with Gasteiger partial charge in [-0.2, -0.15) is 0 Å². The molecule has 0 aromatic heterocycles. The highest BCUT2D eigenvalue weighted by Gasteiger charge is 2.39. The summed E-state index contributed by atoms with van der Waals surface area (Å²) in [6, 6.07) is 2.05. The highest BCUT2D eigenvalue weighted by molar-refractivity contribution is 6.32. The Morgan fingerprint density at radius 1 is 1.30 bits per heavy atom. The van der Waals surface area contributed by atoms with Crippen molar-refractivity contribution in [2.45, 2.75) is 65.1 Å². The molecule has 0 amide bonds. The van der Waals surface area contributed by atoms with Gasteiger partial charge in [0.25, 0.3) is 0 Å². The van der Waals surface area contributed by atoms with Crippen LogP contribution in [0.25, 0.3) is 0 Å². The van der Waals surface area contributed by atoms with Crippen LogP contribution in [0.5, 0.6) is 5.75 Å². The lowest BCUT2D eigenvalue weighted by molar-refractivity contribution is 0.345. The van der Waals surface area contributed by atoms with Crippen LogP contribution in [0.2, 0.25) is 5.02 Å². The van der Waals surface area contributed by atoms with Crippen LogP contribution in [0.1, 0.15) is 55.7 Å². The minimum Gasteiger partial charge on any atom is -0.496 e. The van der Waals surface area contributed by atoms with Crippen LogP contribution in [0, 0.1) is 13.8 Å². The summed E-state index contributed by atoms with van der Waals surface area (Å²) < 4.78 is 11.3. The predicted molar refractivity (Wildman–Crippen MR) is 84.1 cm³/mol. The monoisotopic (exact) mass is 296 g/mol. The van der Waals surface area contributed by atoms with Gasteiger partial charge in [0.2, 0.25) is 0 Å². The zero-order valence-electron chi connectivity index (χ0n) is 13.1. The fourth-order valence-electron chi connectivity index (χ4n) is 3.13. The average Bonchev–Trinajstić information content (AvgIpc) is 3.20. The van der Waals surface area contributed by atoms with Crippen LogP contribution in [-0.2, 0) is 4.74 Å². The molecule has 2 rings (SSSR count). The Balaban J connectivity index is 2.31. The summed E-state index contributed by atoms with van der Waals surface area (Å²) in [6.45, 7) is 8.53. The first-order valence-corrected chi connectivity index (χ1v) is 7.90. The maximum Gasteiger partial charge on any atom is 0.122 e. The third-order valence-electron chi connectivity index (χ3n) is 4.42. The molecule has 1 heterocycles. The van der Waals surface area contributed by atoms with Crippen LogP contribution >= 0.6 is 11.6 Å². The van der Waals surface area contributed by atoms with Gasteiger partial charge in [-0.1, -0.05) is 25.4 Å². The van der Waals surface area contributed by atoms with Gasteiger partial charge in [0.1, 0.15) is 5.75 Å². The number of epoxide rings is 1. The van der Waals surface area contributed by atoms with Crippen molar-refractivity contribution in [2.24, 2.45) is 0 Å². The Labute approximate surface area is 127 Å². The van der Waals surface area contributed by atoms with E-state index in [0.717, 1.165) is 41.2 Å². The van der Waals surface area contributed by atoms with E-state index in [1.807, 2.05) is 6.92 Å². The number of aryl methyl sites for hydroxylation is 1. The van der Waals surface area contributed by atoms with Gasteiger partial charge in [0, 0.05) is 10.6 Å². The summed E-state index contributed by atoms with van der Waals surface area (Å²) in [5, 5.41) is 0.864. The molecule has 3 atom stereocenters. The lowest BCUT2D eigenvalue weighted by Gasteiger charge is -2.22. The Hall–Kier alpha value is -0.730. The fraction of sp³-hybridized carbons (Fsp3) is 0.647. The van der Waals surface area contributed by atoms with Crippen molar-refractivity contribution in [3.8, 4) is 5.75 Å². The molecule has 3 unspecified atom stereocenters. The number of ether oxygens (including phenoxy) is 2. The molecule has 1 saturated heterocycles. The summed E-state index contributed by atoms with van der Waals surface area (Å²) >= 11 is 6.43. The molecule has 20 heavy (non-hydrogen) atoms. The van der Waals surface area contributed by atoms with Gasteiger partial charge < -0.3 is 9.47 Å². The van der Waals surface area contributed by atoms with Crippen molar-refractivity contribution in [3.63, 3.8) is 0 Å². The topological polar surface area (TPSA) is 21.8 Å². The van der Waals surface area contributed by atoms with Crippen LogP contribution < -0.4 is 4.74 Å². The van der Waals surface area contributed by atoms with E-state index in [9.17, 15) is 0 Å². The first-order valence-electron chi connectivity index (χ1n) is 7.52. The number of hydrogen-bond acceptors (Lipinski definition) is 2. The molecule has 1 fully saturated rings. The van der Waals surface area contributed by atoms with E-state index in [1.54, 1.807) is 7.11 Å². The molecule has 0 aliphatic carbocycles. The third-order valence-corrected chi connectivity index (χ3v) is 5.00. The summed E-state index contributed by atoms with van der Waals surface area (Å²) in [5.74, 6) is 1.41. The quantitative estimate of drug-likeness (QED) is 0.687. The molecule has 1 aromatic carbocycles.